The van der Waals surface area contributed by atoms with Crippen LogP contribution < -0.4 is 5.32 Å². The van der Waals surface area contributed by atoms with Crippen molar-refractivity contribution < 1.29 is 15.0 Å². The zero-order valence-electron chi connectivity index (χ0n) is 9.55. The van der Waals surface area contributed by atoms with Gasteiger partial charge in [0.2, 0.25) is 0 Å². The van der Waals surface area contributed by atoms with Crippen molar-refractivity contribution in [3.05, 3.63) is 39.9 Å². The van der Waals surface area contributed by atoms with Gasteiger partial charge in [-0.3, -0.25) is 10.1 Å². The first-order chi connectivity index (χ1) is 7.63. The lowest BCUT2D eigenvalue weighted by Gasteiger charge is -2.09. The molecule has 0 aromatic heterocycles. The maximum Gasteiger partial charge on any atom is 0.269 e. The lowest BCUT2D eigenvalue weighted by Crippen LogP contribution is -2.88. The molecule has 0 heterocycles. The quantitative estimate of drug-likeness (QED) is 0.572. The number of non-ortho nitro benzene ring substituents is 1. The summed E-state index contributed by atoms with van der Waals surface area (Å²) in [6, 6.07) is 7.06. The van der Waals surface area contributed by atoms with Crippen molar-refractivity contribution in [3.63, 3.8) is 0 Å². The summed E-state index contributed by atoms with van der Waals surface area (Å²) in [7, 11) is 1.66. The highest BCUT2D eigenvalue weighted by Gasteiger charge is 2.08. The van der Waals surface area contributed by atoms with E-state index in [-0.39, 0.29) is 10.6 Å². The molecular weight excluding hydrogens is 208 g/mol. The average Bonchev–Trinajstić information content (AvgIpc) is 2.27. The van der Waals surface area contributed by atoms with Crippen LogP contribution in [0.3, 0.4) is 0 Å². The Morgan fingerprint density at radius 3 is 2.94 bits per heavy atom. The van der Waals surface area contributed by atoms with Gasteiger partial charge in [-0.25, -0.2) is 0 Å². The van der Waals surface area contributed by atoms with Gasteiger partial charge in [0.1, 0.15) is 12.6 Å². The monoisotopic (exact) mass is 225 g/mol. The molecule has 0 aliphatic heterocycles. The smallest absolute Gasteiger partial charge is 0.269 e. The molecule has 0 unspecified atom stereocenters. The van der Waals surface area contributed by atoms with Crippen LogP contribution in [0.5, 0.6) is 0 Å². The molecule has 88 valence electrons. The molecule has 0 radical (unpaired) electrons. The van der Waals surface area contributed by atoms with Crippen LogP contribution in [-0.2, 0) is 11.3 Å². The van der Waals surface area contributed by atoms with Crippen LogP contribution in [-0.4, -0.2) is 24.7 Å². The number of rotatable bonds is 6. The fourth-order valence-electron chi connectivity index (χ4n) is 1.47. The third-order valence-electron chi connectivity index (χ3n) is 2.31. The van der Waals surface area contributed by atoms with Crippen molar-refractivity contribution in [2.45, 2.75) is 19.5 Å². The van der Waals surface area contributed by atoms with Gasteiger partial charge in [0.15, 0.2) is 0 Å². The number of nitrogens with zero attached hydrogens (tertiary/aromatic N) is 1. The summed E-state index contributed by atoms with van der Waals surface area (Å²) in [5.41, 5.74) is 1.10. The summed E-state index contributed by atoms with van der Waals surface area (Å²) in [6.45, 7) is 3.46. The Hall–Kier alpha value is -1.46. The van der Waals surface area contributed by atoms with Gasteiger partial charge >= 0.3 is 0 Å². The van der Waals surface area contributed by atoms with E-state index in [2.05, 4.69) is 12.2 Å². The van der Waals surface area contributed by atoms with Gasteiger partial charge in [-0.1, -0.05) is 12.1 Å². The maximum atomic E-state index is 10.6. The molecule has 0 fully saturated rings. The van der Waals surface area contributed by atoms with Gasteiger partial charge in [-0.05, 0) is 6.92 Å². The minimum Gasteiger partial charge on any atom is -0.379 e. The molecule has 1 atom stereocenters. The minimum atomic E-state index is -0.373. The van der Waals surface area contributed by atoms with E-state index < -0.39 is 0 Å². The third-order valence-corrected chi connectivity index (χ3v) is 2.31. The van der Waals surface area contributed by atoms with Crippen molar-refractivity contribution >= 4 is 5.69 Å². The highest BCUT2D eigenvalue weighted by Crippen LogP contribution is 2.11. The van der Waals surface area contributed by atoms with Gasteiger partial charge in [0, 0.05) is 24.8 Å². The van der Waals surface area contributed by atoms with Gasteiger partial charge in [-0.15, -0.1) is 0 Å². The van der Waals surface area contributed by atoms with E-state index >= 15 is 0 Å². The normalized spacial score (nSPS) is 12.4. The molecule has 5 nitrogen and oxygen atoms in total. The number of hydrogen-bond donors (Lipinski definition) is 1. The Bertz CT molecular complexity index is 355. The van der Waals surface area contributed by atoms with Crippen molar-refractivity contribution in [1.29, 1.82) is 0 Å². The highest BCUT2D eigenvalue weighted by atomic mass is 16.6. The van der Waals surface area contributed by atoms with Crippen LogP contribution in [0.1, 0.15) is 12.5 Å². The number of quaternary nitrogens is 1. The standard InChI is InChI=1S/C11H16N2O3/c1-9(8-16-2)12-7-10-4-3-5-11(6-10)13(14)15/h3-6,9,12H,7-8H2,1-2H3/p+1/t9-/m1/s1. The van der Waals surface area contributed by atoms with E-state index in [0.29, 0.717) is 12.6 Å². The summed E-state index contributed by atoms with van der Waals surface area (Å²) < 4.78 is 5.01. The molecule has 1 rings (SSSR count). The van der Waals surface area contributed by atoms with Crippen LogP contribution >= 0.6 is 0 Å². The summed E-state index contributed by atoms with van der Waals surface area (Å²) in [5.74, 6) is 0. The fourth-order valence-corrected chi connectivity index (χ4v) is 1.47. The number of nitrogens with two attached hydrogens (primary N) is 1. The first-order valence-corrected chi connectivity index (χ1v) is 5.19. The molecule has 16 heavy (non-hydrogen) atoms. The van der Waals surface area contributed by atoms with Gasteiger partial charge in [0.05, 0.1) is 11.5 Å². The molecule has 0 amide bonds. The second kappa shape index (κ2) is 6.19. The Kier molecular flexibility index (Phi) is 4.88. The van der Waals surface area contributed by atoms with Gasteiger partial charge in [-0.2, -0.15) is 0 Å². The van der Waals surface area contributed by atoms with Crippen LogP contribution in [0.25, 0.3) is 0 Å². The second-order valence-corrected chi connectivity index (χ2v) is 3.80. The predicted molar refractivity (Wildman–Crippen MR) is 60.1 cm³/mol. The molecule has 0 bridgehead atoms. The zero-order valence-corrected chi connectivity index (χ0v) is 9.55. The van der Waals surface area contributed by atoms with Crippen molar-refractivity contribution in [1.82, 2.24) is 0 Å². The summed E-state index contributed by atoms with van der Waals surface area (Å²) in [6.07, 6.45) is 0. The molecule has 0 saturated heterocycles. The third kappa shape index (κ3) is 3.96. The fraction of sp³-hybridized carbons (Fsp3) is 0.455. The second-order valence-electron chi connectivity index (χ2n) is 3.80. The summed E-state index contributed by atoms with van der Waals surface area (Å²) in [4.78, 5) is 10.2. The predicted octanol–water partition coefficient (Wildman–Crippen LogP) is 0.693. The Labute approximate surface area is 94.6 Å². The lowest BCUT2D eigenvalue weighted by atomic mass is 10.2. The first-order valence-electron chi connectivity index (χ1n) is 5.19. The number of benzene rings is 1. The largest absolute Gasteiger partial charge is 0.379 e. The Balaban J connectivity index is 2.54. The molecule has 1 aromatic rings. The zero-order chi connectivity index (χ0) is 12.0. The SMILES string of the molecule is COC[C@@H](C)[NH2+]Cc1cccc([N+](=O)[O-])c1. The molecule has 0 spiro atoms. The van der Waals surface area contributed by atoms with Crippen molar-refractivity contribution in [3.8, 4) is 0 Å². The van der Waals surface area contributed by atoms with Gasteiger partial charge < -0.3 is 10.1 Å². The number of nitro benzene ring substituents is 1. The van der Waals surface area contributed by atoms with E-state index in [1.165, 1.54) is 6.07 Å². The summed E-state index contributed by atoms with van der Waals surface area (Å²) >= 11 is 0. The van der Waals surface area contributed by atoms with Crippen LogP contribution in [0.2, 0.25) is 0 Å². The first kappa shape index (κ1) is 12.6. The van der Waals surface area contributed by atoms with E-state index in [4.69, 9.17) is 4.74 Å². The van der Waals surface area contributed by atoms with E-state index in [9.17, 15) is 10.1 Å². The average molecular weight is 225 g/mol. The molecule has 0 saturated carbocycles. The molecule has 2 N–H and O–H groups in total. The number of hydrogen-bond acceptors (Lipinski definition) is 3. The molecule has 1 aromatic carbocycles. The number of methoxy groups -OCH3 is 1. The molecule has 0 aliphatic carbocycles. The van der Waals surface area contributed by atoms with Crippen LogP contribution in [0.4, 0.5) is 5.69 Å². The number of ether oxygens (including phenoxy) is 1. The molecular formula is C11H17N2O3+. The highest BCUT2D eigenvalue weighted by molar-refractivity contribution is 5.33. The van der Waals surface area contributed by atoms with E-state index in [0.717, 1.165) is 12.1 Å². The van der Waals surface area contributed by atoms with Crippen LogP contribution in [0.15, 0.2) is 24.3 Å². The molecule has 0 aliphatic rings. The Morgan fingerprint density at radius 2 is 2.31 bits per heavy atom. The van der Waals surface area contributed by atoms with E-state index in [1.807, 2.05) is 6.07 Å². The molecule has 5 heteroatoms. The van der Waals surface area contributed by atoms with E-state index in [1.54, 1.807) is 19.2 Å². The minimum absolute atomic E-state index is 0.144. The Morgan fingerprint density at radius 1 is 1.56 bits per heavy atom. The lowest BCUT2D eigenvalue weighted by molar-refractivity contribution is -0.702. The van der Waals surface area contributed by atoms with Crippen LogP contribution in [0, 0.1) is 10.1 Å². The van der Waals surface area contributed by atoms with Gasteiger partial charge in [0.25, 0.3) is 5.69 Å². The maximum absolute atomic E-state index is 10.6. The summed E-state index contributed by atoms with van der Waals surface area (Å²) in [5, 5.41) is 12.7. The van der Waals surface area contributed by atoms with Crippen molar-refractivity contribution in [2.75, 3.05) is 13.7 Å². The number of nitro groups is 1. The van der Waals surface area contributed by atoms with Crippen molar-refractivity contribution in [2.24, 2.45) is 0 Å². The topological polar surface area (TPSA) is 69.0 Å².